The predicted molar refractivity (Wildman–Crippen MR) is 139 cm³/mol. The van der Waals surface area contributed by atoms with Gasteiger partial charge in [0.15, 0.2) is 5.13 Å². The number of aliphatic carboxylic acids is 1. The van der Waals surface area contributed by atoms with E-state index in [-0.39, 0.29) is 50.8 Å². The molecule has 1 aromatic heterocycles. The molecule has 0 saturated carbocycles. The molecule has 2 aliphatic heterocycles. The third kappa shape index (κ3) is 5.18. The second kappa shape index (κ2) is 11.2. The molecule has 198 valence electrons. The monoisotopic (exact) mass is 579 g/mol. The van der Waals surface area contributed by atoms with Gasteiger partial charge in [0.1, 0.15) is 24.2 Å². The number of nitrogens with one attached hydrogen (secondary N) is 1. The number of oxime groups is 1. The predicted octanol–water partition coefficient (Wildman–Crippen LogP) is 1.57. The molecule has 38 heavy (non-hydrogen) atoms. The number of hydrogen-bond acceptors (Lipinski definition) is 12. The van der Waals surface area contributed by atoms with Gasteiger partial charge in [-0.3, -0.25) is 24.6 Å². The number of carbonyl (C=O) groups is 3. The molecular formula is C21H18ClN7O7S2. The molecule has 4 N–H and O–H groups in total. The maximum atomic E-state index is 13.0. The summed E-state index contributed by atoms with van der Waals surface area (Å²) in [5.74, 6) is -2.64. The number of allylic oxidation sites excluding steroid dienone is 1. The van der Waals surface area contributed by atoms with Crippen molar-refractivity contribution in [2.45, 2.75) is 17.3 Å². The van der Waals surface area contributed by atoms with Gasteiger partial charge in [0.25, 0.3) is 17.5 Å². The fourth-order valence-electron chi connectivity index (χ4n) is 3.75. The number of anilines is 1. The number of rotatable bonds is 9. The van der Waals surface area contributed by atoms with Crippen LogP contribution in [0.4, 0.5) is 10.8 Å². The Morgan fingerprint density at radius 3 is 2.82 bits per heavy atom. The van der Waals surface area contributed by atoms with Gasteiger partial charge in [0.2, 0.25) is 11.5 Å². The third-order valence-electron chi connectivity index (χ3n) is 5.45. The van der Waals surface area contributed by atoms with Gasteiger partial charge in [-0.1, -0.05) is 17.3 Å². The molecule has 1 saturated heterocycles. The Hall–Kier alpha value is -4.02. The van der Waals surface area contributed by atoms with E-state index < -0.39 is 34.1 Å². The summed E-state index contributed by atoms with van der Waals surface area (Å²) in [5, 5.41) is 26.9. The van der Waals surface area contributed by atoms with Gasteiger partial charge in [-0.05, 0) is 23.3 Å². The Labute approximate surface area is 227 Å². The minimum Gasteiger partial charge on any atom is -0.477 e. The highest BCUT2D eigenvalue weighted by atomic mass is 35.5. The fourth-order valence-corrected chi connectivity index (χ4v) is 5.67. The van der Waals surface area contributed by atoms with Gasteiger partial charge < -0.3 is 21.0 Å². The number of nitrogens with zero attached hydrogens (tertiary/aromatic N) is 5. The molecule has 0 spiro atoms. The Morgan fingerprint density at radius 2 is 2.21 bits per heavy atom. The first-order chi connectivity index (χ1) is 18.2. The van der Waals surface area contributed by atoms with E-state index in [4.69, 9.17) is 17.3 Å². The number of nitro benzene ring substituents is 1. The van der Waals surface area contributed by atoms with Crippen molar-refractivity contribution in [2.75, 3.05) is 18.6 Å². The van der Waals surface area contributed by atoms with E-state index >= 15 is 0 Å². The van der Waals surface area contributed by atoms with E-state index in [2.05, 4.69) is 24.7 Å². The van der Waals surface area contributed by atoms with Crippen molar-refractivity contribution in [1.29, 1.82) is 0 Å². The number of β-lactam (4-membered cyclic amide) rings is 1. The lowest BCUT2D eigenvalue weighted by Crippen LogP contribution is -2.71. The first-order valence-corrected chi connectivity index (χ1v) is 13.0. The molecule has 2 atom stereocenters. The summed E-state index contributed by atoms with van der Waals surface area (Å²) in [5.41, 5.74) is 5.88. The van der Waals surface area contributed by atoms with Crippen LogP contribution in [-0.2, 0) is 25.1 Å². The van der Waals surface area contributed by atoms with Crippen molar-refractivity contribution >= 4 is 75.3 Å². The maximum Gasteiger partial charge on any atom is 0.352 e. The quantitative estimate of drug-likeness (QED) is 0.128. The van der Waals surface area contributed by atoms with E-state index in [0.717, 1.165) is 16.4 Å². The molecule has 0 aliphatic carbocycles. The van der Waals surface area contributed by atoms with Crippen LogP contribution in [0, 0.1) is 10.1 Å². The number of benzene rings is 1. The number of carboxylic acids is 1. The number of fused-ring (bicyclic) bond motifs is 1. The summed E-state index contributed by atoms with van der Waals surface area (Å²) >= 11 is 7.83. The summed E-state index contributed by atoms with van der Waals surface area (Å²) in [6.45, 7) is 0. The highest BCUT2D eigenvalue weighted by Crippen LogP contribution is 2.41. The zero-order chi connectivity index (χ0) is 27.6. The molecule has 0 radical (unpaired) electrons. The molecule has 1 fully saturated rings. The van der Waals surface area contributed by atoms with Gasteiger partial charge in [-0.25, -0.2) is 4.79 Å². The lowest BCUT2D eigenvalue weighted by atomic mass is 10.0. The first-order valence-electron chi connectivity index (χ1n) is 10.6. The van der Waals surface area contributed by atoms with Crippen LogP contribution in [0.3, 0.4) is 0 Å². The molecule has 2 unspecified atom stereocenters. The summed E-state index contributed by atoms with van der Waals surface area (Å²) in [4.78, 5) is 58.4. The normalized spacial score (nSPS) is 19.3. The topological polar surface area (TPSA) is 203 Å². The lowest BCUT2D eigenvalue weighted by molar-refractivity contribution is -0.385. The van der Waals surface area contributed by atoms with Gasteiger partial charge in [-0.2, -0.15) is 9.36 Å². The number of carbonyl (C=O) groups excluding carboxylic acids is 2. The zero-order valence-electron chi connectivity index (χ0n) is 19.4. The van der Waals surface area contributed by atoms with Crippen LogP contribution in [0.1, 0.15) is 17.0 Å². The van der Waals surface area contributed by atoms with Crippen molar-refractivity contribution < 1.29 is 29.3 Å². The van der Waals surface area contributed by atoms with Gasteiger partial charge in [0.05, 0.1) is 10.5 Å². The molecule has 14 nitrogen and oxygen atoms in total. The molecule has 2 amide bonds. The van der Waals surface area contributed by atoms with Crippen LogP contribution in [0.15, 0.2) is 40.7 Å². The van der Waals surface area contributed by atoms with Crippen LogP contribution in [0.2, 0.25) is 0 Å². The first kappa shape index (κ1) is 27.0. The molecule has 4 rings (SSSR count). The molecule has 2 aromatic rings. The van der Waals surface area contributed by atoms with Crippen molar-refractivity contribution in [2.24, 2.45) is 5.16 Å². The van der Waals surface area contributed by atoms with Crippen LogP contribution in [0.5, 0.6) is 0 Å². The summed E-state index contributed by atoms with van der Waals surface area (Å²) in [7, 11) is 1.22. The number of carboxylic acid groups (broad SMARTS) is 1. The second-order valence-corrected chi connectivity index (χ2v) is 9.89. The fraction of sp³-hybridized carbons (Fsp3) is 0.238. The second-order valence-electron chi connectivity index (χ2n) is 7.74. The van der Waals surface area contributed by atoms with Crippen molar-refractivity contribution in [1.82, 2.24) is 19.6 Å². The maximum absolute atomic E-state index is 13.0. The lowest BCUT2D eigenvalue weighted by Gasteiger charge is -2.49. The van der Waals surface area contributed by atoms with E-state index in [1.165, 1.54) is 43.2 Å². The summed E-state index contributed by atoms with van der Waals surface area (Å²) < 4.78 is 3.92. The van der Waals surface area contributed by atoms with Crippen LogP contribution in [-0.4, -0.2) is 72.1 Å². The smallest absolute Gasteiger partial charge is 0.352 e. The number of nitro groups is 1. The van der Waals surface area contributed by atoms with E-state index in [0.29, 0.717) is 5.56 Å². The molecule has 3 heterocycles. The van der Waals surface area contributed by atoms with Gasteiger partial charge >= 0.3 is 5.97 Å². The highest BCUT2D eigenvalue weighted by Gasteiger charge is 2.54. The molecule has 17 heteroatoms. The molecule has 1 aromatic carbocycles. The molecular weight excluding hydrogens is 562 g/mol. The SMILES string of the molecule is CO/N=C(\C(=O)NC1C(=O)N2C(C(=O)O)=C(/C=C/c3ccc(CCl)cc3[N+](=O)[O-])CSC12)c1nsc(N)n1. The van der Waals surface area contributed by atoms with Crippen molar-refractivity contribution in [3.63, 3.8) is 0 Å². The van der Waals surface area contributed by atoms with Gasteiger partial charge in [0, 0.05) is 29.2 Å². The van der Waals surface area contributed by atoms with Crippen LogP contribution >= 0.6 is 34.9 Å². The largest absolute Gasteiger partial charge is 0.477 e. The number of aromatic nitrogens is 2. The number of thioether (sulfide) groups is 1. The van der Waals surface area contributed by atoms with E-state index in [1.54, 1.807) is 6.07 Å². The van der Waals surface area contributed by atoms with Crippen LogP contribution in [0.25, 0.3) is 6.08 Å². The number of nitrogens with two attached hydrogens (primary N) is 1. The minimum atomic E-state index is -1.36. The number of hydrogen-bond donors (Lipinski definition) is 3. The number of nitrogen functional groups attached to an aromatic ring is 1. The van der Waals surface area contributed by atoms with Crippen molar-refractivity contribution in [3.05, 3.63) is 62.6 Å². The summed E-state index contributed by atoms with van der Waals surface area (Å²) in [6.07, 6.45) is 2.84. The minimum absolute atomic E-state index is 0.0847. The van der Waals surface area contributed by atoms with Gasteiger partial charge in [-0.15, -0.1) is 23.4 Å². The van der Waals surface area contributed by atoms with Crippen molar-refractivity contribution in [3.8, 4) is 0 Å². The highest BCUT2D eigenvalue weighted by molar-refractivity contribution is 8.00. The average Bonchev–Trinajstić information content (AvgIpc) is 3.33. The number of amides is 2. The number of alkyl halides is 1. The Morgan fingerprint density at radius 1 is 1.45 bits per heavy atom. The van der Waals surface area contributed by atoms with Crippen LogP contribution < -0.4 is 11.1 Å². The van der Waals surface area contributed by atoms with E-state index in [1.807, 2.05) is 0 Å². The Balaban J connectivity index is 1.57. The van der Waals surface area contributed by atoms with E-state index in [9.17, 15) is 29.6 Å². The standard InChI is InChI=1S/C21H18ClN7O7S2/c1-36-26-13(16-25-21(23)38-27-16)17(30)24-14-18(31)28-15(20(32)33)11(8-37-19(14)28)5-4-10-3-2-9(7-22)6-12(10)29(34)35/h2-6,14,19H,7-8H2,1H3,(H,24,30)(H,32,33)(H2,23,25,27)/b5-4+,26-13-. The third-order valence-corrected chi connectivity index (χ3v) is 7.60. The molecule has 2 aliphatic rings. The Kier molecular flexibility index (Phi) is 7.94. The zero-order valence-corrected chi connectivity index (χ0v) is 21.7. The number of halogens is 1. The molecule has 0 bridgehead atoms. The Bertz CT molecular complexity index is 1420. The average molecular weight is 580 g/mol. The summed E-state index contributed by atoms with van der Waals surface area (Å²) in [6, 6.07) is 3.43.